The summed E-state index contributed by atoms with van der Waals surface area (Å²) in [7, 11) is 0. The number of carbonyl (C=O) groups excluding carboxylic acids is 1. The summed E-state index contributed by atoms with van der Waals surface area (Å²) in [6, 6.07) is 9.69. The van der Waals surface area contributed by atoms with Crippen LogP contribution in [0.2, 0.25) is 0 Å². The second-order valence-electron chi connectivity index (χ2n) is 4.07. The van der Waals surface area contributed by atoms with E-state index in [1.807, 2.05) is 30.3 Å². The van der Waals surface area contributed by atoms with Crippen LogP contribution in [0.4, 0.5) is 0 Å². The summed E-state index contributed by atoms with van der Waals surface area (Å²) in [6.45, 7) is 0.482. The molecule has 0 radical (unpaired) electrons. The van der Waals surface area contributed by atoms with E-state index in [2.05, 4.69) is 16.2 Å². The van der Waals surface area contributed by atoms with Gasteiger partial charge in [-0.1, -0.05) is 30.3 Å². The van der Waals surface area contributed by atoms with Gasteiger partial charge in [-0.25, -0.2) is 10.9 Å². The Labute approximate surface area is 99.7 Å². The molecule has 2 atom stereocenters. The van der Waals surface area contributed by atoms with Crippen molar-refractivity contribution >= 4 is 5.91 Å². The van der Waals surface area contributed by atoms with Crippen LogP contribution >= 0.6 is 0 Å². The highest BCUT2D eigenvalue weighted by Crippen LogP contribution is 2.08. The van der Waals surface area contributed by atoms with Crippen molar-refractivity contribution in [1.29, 1.82) is 0 Å². The summed E-state index contributed by atoms with van der Waals surface area (Å²) in [4.78, 5) is 11.9. The normalized spacial score (nSPS) is 28.0. The zero-order valence-corrected chi connectivity index (χ0v) is 9.39. The molecule has 1 fully saturated rings. The molecule has 1 aliphatic heterocycles. The lowest BCUT2D eigenvalue weighted by molar-refractivity contribution is -0.125. The van der Waals surface area contributed by atoms with Crippen LogP contribution in [0.25, 0.3) is 0 Å². The van der Waals surface area contributed by atoms with Gasteiger partial charge in [-0.15, -0.1) is 0 Å². The zero-order chi connectivity index (χ0) is 12.3. The van der Waals surface area contributed by atoms with E-state index in [0.717, 1.165) is 5.56 Å². The Bertz CT molecular complexity index is 373. The first-order valence-corrected chi connectivity index (χ1v) is 5.52. The van der Waals surface area contributed by atoms with Crippen molar-refractivity contribution in [3.63, 3.8) is 0 Å². The highest BCUT2D eigenvalue weighted by molar-refractivity contribution is 5.80. The summed E-state index contributed by atoms with van der Waals surface area (Å²) in [5, 5.41) is 2.82. The molecule has 6 nitrogen and oxygen atoms in total. The van der Waals surface area contributed by atoms with E-state index in [4.69, 9.17) is 11.5 Å². The third kappa shape index (κ3) is 2.80. The van der Waals surface area contributed by atoms with Gasteiger partial charge in [-0.2, -0.15) is 0 Å². The van der Waals surface area contributed by atoms with Crippen LogP contribution in [0.5, 0.6) is 0 Å². The Morgan fingerprint density at radius 3 is 2.35 bits per heavy atom. The molecule has 0 bridgehead atoms. The maximum Gasteiger partial charge on any atom is 0.229 e. The van der Waals surface area contributed by atoms with Gasteiger partial charge in [-0.05, 0) is 5.56 Å². The van der Waals surface area contributed by atoms with E-state index in [1.54, 1.807) is 0 Å². The van der Waals surface area contributed by atoms with Crippen molar-refractivity contribution in [1.82, 2.24) is 16.2 Å². The SMILES string of the molecule is NC1NNC(N)C1C(=O)NCc1ccccc1. The topological polar surface area (TPSA) is 105 Å². The monoisotopic (exact) mass is 235 g/mol. The standard InChI is InChI=1S/C11H17N5O/c12-9-8(10(13)16-15-9)11(17)14-6-7-4-2-1-3-5-7/h1-5,8-10,15-16H,6,12-13H2,(H,14,17). The number of nitrogens with one attached hydrogen (secondary N) is 3. The van der Waals surface area contributed by atoms with Gasteiger partial charge in [0, 0.05) is 6.54 Å². The van der Waals surface area contributed by atoms with Gasteiger partial charge in [0.2, 0.25) is 5.91 Å². The van der Waals surface area contributed by atoms with Gasteiger partial charge in [0.05, 0.1) is 18.2 Å². The van der Waals surface area contributed by atoms with Crippen LogP contribution in [0.3, 0.4) is 0 Å². The average Bonchev–Trinajstić information content (AvgIpc) is 2.67. The van der Waals surface area contributed by atoms with Gasteiger partial charge < -0.3 is 16.8 Å². The number of hydrogen-bond acceptors (Lipinski definition) is 5. The highest BCUT2D eigenvalue weighted by Gasteiger charge is 2.36. The lowest BCUT2D eigenvalue weighted by atomic mass is 10.0. The lowest BCUT2D eigenvalue weighted by Gasteiger charge is -2.17. The van der Waals surface area contributed by atoms with Gasteiger partial charge in [0.15, 0.2) is 0 Å². The molecule has 17 heavy (non-hydrogen) atoms. The molecule has 0 saturated carbocycles. The van der Waals surface area contributed by atoms with Gasteiger partial charge >= 0.3 is 0 Å². The zero-order valence-electron chi connectivity index (χ0n) is 9.39. The van der Waals surface area contributed by atoms with Crippen LogP contribution in [0.1, 0.15) is 5.56 Å². The predicted molar refractivity (Wildman–Crippen MR) is 64.0 cm³/mol. The minimum atomic E-state index is -0.460. The molecule has 2 unspecified atom stereocenters. The molecule has 2 rings (SSSR count). The van der Waals surface area contributed by atoms with Crippen LogP contribution in [-0.2, 0) is 11.3 Å². The fourth-order valence-corrected chi connectivity index (χ4v) is 1.82. The molecule has 92 valence electrons. The first-order valence-electron chi connectivity index (χ1n) is 5.52. The van der Waals surface area contributed by atoms with Crippen molar-refractivity contribution in [3.8, 4) is 0 Å². The minimum absolute atomic E-state index is 0.147. The second kappa shape index (κ2) is 5.24. The molecular weight excluding hydrogens is 218 g/mol. The molecule has 1 aromatic carbocycles. The Balaban J connectivity index is 1.89. The molecule has 6 heteroatoms. The third-order valence-corrected chi connectivity index (χ3v) is 2.80. The third-order valence-electron chi connectivity index (χ3n) is 2.80. The summed E-state index contributed by atoms with van der Waals surface area (Å²) < 4.78 is 0. The quantitative estimate of drug-likeness (QED) is 0.443. The molecule has 1 heterocycles. The van der Waals surface area contributed by atoms with Crippen LogP contribution in [-0.4, -0.2) is 18.2 Å². The number of benzene rings is 1. The molecule has 0 spiro atoms. The maximum atomic E-state index is 11.9. The van der Waals surface area contributed by atoms with Gasteiger partial charge in [0.1, 0.15) is 0 Å². The van der Waals surface area contributed by atoms with Crippen molar-refractivity contribution in [3.05, 3.63) is 35.9 Å². The van der Waals surface area contributed by atoms with Crippen LogP contribution in [0.15, 0.2) is 30.3 Å². The van der Waals surface area contributed by atoms with Crippen molar-refractivity contribution in [2.45, 2.75) is 18.9 Å². The Kier molecular flexibility index (Phi) is 3.70. The number of carbonyl (C=O) groups is 1. The summed E-state index contributed by atoms with van der Waals surface area (Å²) >= 11 is 0. The minimum Gasteiger partial charge on any atom is -0.352 e. The Hall–Kier alpha value is -1.47. The van der Waals surface area contributed by atoms with Crippen molar-refractivity contribution in [2.75, 3.05) is 0 Å². The van der Waals surface area contributed by atoms with E-state index in [9.17, 15) is 4.79 Å². The maximum absolute atomic E-state index is 11.9. The number of amides is 1. The van der Waals surface area contributed by atoms with Crippen molar-refractivity contribution < 1.29 is 4.79 Å². The molecule has 7 N–H and O–H groups in total. The summed E-state index contributed by atoms with van der Waals surface area (Å²) in [5.74, 6) is -0.606. The first-order chi connectivity index (χ1) is 8.18. The van der Waals surface area contributed by atoms with Gasteiger partial charge in [-0.3, -0.25) is 4.79 Å². The molecular formula is C11H17N5O. The van der Waals surface area contributed by atoms with E-state index in [0.29, 0.717) is 6.54 Å². The molecule has 1 aromatic rings. The Morgan fingerprint density at radius 1 is 1.18 bits per heavy atom. The van der Waals surface area contributed by atoms with E-state index >= 15 is 0 Å². The highest BCUT2D eigenvalue weighted by atomic mass is 16.2. The summed E-state index contributed by atoms with van der Waals surface area (Å²) in [5.41, 5.74) is 18.0. The fraction of sp³-hybridized carbons (Fsp3) is 0.364. The predicted octanol–water partition coefficient (Wildman–Crippen LogP) is -1.40. The average molecular weight is 235 g/mol. The fourth-order valence-electron chi connectivity index (χ4n) is 1.82. The van der Waals surface area contributed by atoms with Gasteiger partial charge in [0.25, 0.3) is 0 Å². The van der Waals surface area contributed by atoms with E-state index < -0.39 is 18.2 Å². The number of nitrogens with two attached hydrogens (primary N) is 2. The molecule has 0 aromatic heterocycles. The van der Waals surface area contributed by atoms with Crippen molar-refractivity contribution in [2.24, 2.45) is 17.4 Å². The molecule has 1 aliphatic rings. The first kappa shape index (κ1) is 12.0. The molecule has 0 aliphatic carbocycles. The largest absolute Gasteiger partial charge is 0.352 e. The van der Waals surface area contributed by atoms with Crippen LogP contribution in [0, 0.1) is 5.92 Å². The molecule has 1 saturated heterocycles. The summed E-state index contributed by atoms with van der Waals surface area (Å²) in [6.07, 6.45) is -0.915. The van der Waals surface area contributed by atoms with E-state index in [1.165, 1.54) is 0 Å². The number of hydrazine groups is 1. The van der Waals surface area contributed by atoms with Crippen LogP contribution < -0.4 is 27.6 Å². The molecule has 1 amide bonds. The lowest BCUT2D eigenvalue weighted by Crippen LogP contribution is -2.48. The number of rotatable bonds is 3. The second-order valence-corrected chi connectivity index (χ2v) is 4.07. The Morgan fingerprint density at radius 2 is 1.76 bits per heavy atom. The smallest absolute Gasteiger partial charge is 0.229 e. The number of hydrogen-bond donors (Lipinski definition) is 5. The van der Waals surface area contributed by atoms with E-state index in [-0.39, 0.29) is 5.91 Å².